The molecule has 0 aliphatic carbocycles. The van der Waals surface area contributed by atoms with Gasteiger partial charge in [-0.15, -0.1) is 0 Å². The SMILES string of the molecule is COC(=O)c1ccc([N+](=O)[O-])c(NCc2ccc(C)o2)n1. The number of anilines is 1. The lowest BCUT2D eigenvalue weighted by Gasteiger charge is -2.06. The van der Waals surface area contributed by atoms with Crippen molar-refractivity contribution in [3.8, 4) is 0 Å². The van der Waals surface area contributed by atoms with Crippen LogP contribution in [0.15, 0.2) is 28.7 Å². The zero-order valence-electron chi connectivity index (χ0n) is 11.5. The maximum atomic E-state index is 11.4. The Balaban J connectivity index is 2.25. The number of aryl methyl sites for hydroxylation is 1. The van der Waals surface area contributed by atoms with Gasteiger partial charge in [0.05, 0.1) is 18.6 Å². The molecule has 110 valence electrons. The van der Waals surface area contributed by atoms with Crippen LogP contribution in [-0.4, -0.2) is 23.0 Å². The summed E-state index contributed by atoms with van der Waals surface area (Å²) >= 11 is 0. The van der Waals surface area contributed by atoms with Gasteiger partial charge in [0.25, 0.3) is 0 Å². The van der Waals surface area contributed by atoms with Gasteiger partial charge in [-0.05, 0) is 25.1 Å². The maximum Gasteiger partial charge on any atom is 0.356 e. The predicted molar refractivity (Wildman–Crippen MR) is 73.0 cm³/mol. The Labute approximate surface area is 119 Å². The summed E-state index contributed by atoms with van der Waals surface area (Å²) in [5, 5.41) is 13.8. The van der Waals surface area contributed by atoms with Crippen LogP contribution in [0, 0.1) is 17.0 Å². The topological polar surface area (TPSA) is 108 Å². The van der Waals surface area contributed by atoms with E-state index in [1.165, 1.54) is 19.2 Å². The van der Waals surface area contributed by atoms with Crippen molar-refractivity contribution in [1.29, 1.82) is 0 Å². The fraction of sp³-hybridized carbons (Fsp3) is 0.231. The first-order valence-electron chi connectivity index (χ1n) is 6.04. The summed E-state index contributed by atoms with van der Waals surface area (Å²) in [5.41, 5.74) is -0.243. The van der Waals surface area contributed by atoms with E-state index in [0.717, 1.165) is 5.76 Å². The van der Waals surface area contributed by atoms with Crippen molar-refractivity contribution in [3.05, 3.63) is 51.6 Å². The summed E-state index contributed by atoms with van der Waals surface area (Å²) in [5.74, 6) is 0.656. The van der Waals surface area contributed by atoms with E-state index in [9.17, 15) is 14.9 Å². The first-order chi connectivity index (χ1) is 10.0. The van der Waals surface area contributed by atoms with Crippen molar-refractivity contribution in [2.45, 2.75) is 13.5 Å². The molecule has 8 nitrogen and oxygen atoms in total. The Bertz CT molecular complexity index is 680. The van der Waals surface area contributed by atoms with Crippen molar-refractivity contribution in [1.82, 2.24) is 4.98 Å². The quantitative estimate of drug-likeness (QED) is 0.511. The summed E-state index contributed by atoms with van der Waals surface area (Å²) in [6, 6.07) is 5.98. The third kappa shape index (κ3) is 3.35. The number of carbonyl (C=O) groups excluding carboxylic acids is 1. The number of esters is 1. The van der Waals surface area contributed by atoms with Crippen LogP contribution in [-0.2, 0) is 11.3 Å². The average molecular weight is 291 g/mol. The number of hydrogen-bond acceptors (Lipinski definition) is 7. The second-order valence-electron chi connectivity index (χ2n) is 4.18. The van der Waals surface area contributed by atoms with E-state index in [2.05, 4.69) is 15.0 Å². The Morgan fingerprint density at radius 1 is 1.43 bits per heavy atom. The van der Waals surface area contributed by atoms with Crippen LogP contribution in [0.3, 0.4) is 0 Å². The van der Waals surface area contributed by atoms with Crippen molar-refractivity contribution in [3.63, 3.8) is 0 Å². The summed E-state index contributed by atoms with van der Waals surface area (Å²) < 4.78 is 9.89. The van der Waals surface area contributed by atoms with E-state index in [4.69, 9.17) is 4.42 Å². The molecule has 0 atom stereocenters. The highest BCUT2D eigenvalue weighted by atomic mass is 16.6. The Morgan fingerprint density at radius 2 is 2.19 bits per heavy atom. The Morgan fingerprint density at radius 3 is 2.76 bits per heavy atom. The van der Waals surface area contributed by atoms with Crippen molar-refractivity contribution >= 4 is 17.5 Å². The highest BCUT2D eigenvalue weighted by Crippen LogP contribution is 2.23. The molecule has 0 aliphatic heterocycles. The van der Waals surface area contributed by atoms with E-state index in [-0.39, 0.29) is 23.7 Å². The van der Waals surface area contributed by atoms with Gasteiger partial charge in [0.1, 0.15) is 11.5 Å². The number of nitro groups is 1. The van der Waals surface area contributed by atoms with E-state index < -0.39 is 10.9 Å². The standard InChI is InChI=1S/C13H13N3O5/c1-8-3-4-9(21-8)7-14-12-11(16(18)19)6-5-10(15-12)13(17)20-2/h3-6H,7H2,1-2H3,(H,14,15). The van der Waals surface area contributed by atoms with Crippen LogP contribution >= 0.6 is 0 Å². The number of rotatable bonds is 5. The lowest BCUT2D eigenvalue weighted by Crippen LogP contribution is -2.09. The van der Waals surface area contributed by atoms with E-state index >= 15 is 0 Å². The number of carbonyl (C=O) groups is 1. The molecule has 0 amide bonds. The van der Waals surface area contributed by atoms with E-state index in [1.54, 1.807) is 19.1 Å². The second kappa shape index (κ2) is 6.04. The molecule has 1 N–H and O–H groups in total. The molecular weight excluding hydrogens is 278 g/mol. The fourth-order valence-corrected chi connectivity index (χ4v) is 1.70. The largest absolute Gasteiger partial charge is 0.465 e. The van der Waals surface area contributed by atoms with E-state index in [1.807, 2.05) is 0 Å². The molecule has 0 aliphatic rings. The van der Waals surface area contributed by atoms with Gasteiger partial charge in [-0.1, -0.05) is 0 Å². The molecule has 2 aromatic heterocycles. The van der Waals surface area contributed by atoms with Crippen molar-refractivity contribution in [2.24, 2.45) is 0 Å². The van der Waals surface area contributed by atoms with Gasteiger partial charge in [0, 0.05) is 6.07 Å². The highest BCUT2D eigenvalue weighted by molar-refractivity contribution is 5.88. The van der Waals surface area contributed by atoms with Crippen molar-refractivity contribution in [2.75, 3.05) is 12.4 Å². The molecular formula is C13H13N3O5. The lowest BCUT2D eigenvalue weighted by atomic mass is 10.3. The minimum Gasteiger partial charge on any atom is -0.465 e. The molecule has 0 bridgehead atoms. The van der Waals surface area contributed by atoms with Gasteiger partial charge in [-0.25, -0.2) is 9.78 Å². The molecule has 0 aromatic carbocycles. The number of aromatic nitrogens is 1. The molecule has 0 unspecified atom stereocenters. The zero-order valence-corrected chi connectivity index (χ0v) is 11.5. The number of nitrogens with zero attached hydrogens (tertiary/aromatic N) is 2. The third-order valence-electron chi connectivity index (χ3n) is 2.69. The van der Waals surface area contributed by atoms with Gasteiger partial charge in [0.2, 0.25) is 5.82 Å². The number of pyridine rings is 1. The molecule has 0 saturated heterocycles. The summed E-state index contributed by atoms with van der Waals surface area (Å²) in [4.78, 5) is 25.7. The average Bonchev–Trinajstić information content (AvgIpc) is 2.89. The van der Waals surface area contributed by atoms with Crippen LogP contribution in [0.25, 0.3) is 0 Å². The molecule has 0 fully saturated rings. The lowest BCUT2D eigenvalue weighted by molar-refractivity contribution is -0.384. The number of furan rings is 1. The van der Waals surface area contributed by atoms with Gasteiger partial charge < -0.3 is 14.5 Å². The predicted octanol–water partition coefficient (Wildman–Crippen LogP) is 2.29. The van der Waals surface area contributed by atoms with Gasteiger partial charge >= 0.3 is 11.7 Å². The van der Waals surface area contributed by atoms with Crippen LogP contribution < -0.4 is 5.32 Å². The van der Waals surface area contributed by atoms with Crippen LogP contribution in [0.4, 0.5) is 11.5 Å². The minimum absolute atomic E-state index is 0.0128. The summed E-state index contributed by atoms with van der Waals surface area (Å²) in [7, 11) is 1.21. The molecule has 0 spiro atoms. The highest BCUT2D eigenvalue weighted by Gasteiger charge is 2.19. The van der Waals surface area contributed by atoms with E-state index in [0.29, 0.717) is 5.76 Å². The number of nitrogens with one attached hydrogen (secondary N) is 1. The maximum absolute atomic E-state index is 11.4. The van der Waals surface area contributed by atoms with Crippen LogP contribution in [0.2, 0.25) is 0 Å². The van der Waals surface area contributed by atoms with Crippen LogP contribution in [0.1, 0.15) is 22.0 Å². The second-order valence-corrected chi connectivity index (χ2v) is 4.18. The van der Waals surface area contributed by atoms with Crippen molar-refractivity contribution < 1.29 is 18.9 Å². The molecule has 2 heterocycles. The summed E-state index contributed by atoms with van der Waals surface area (Å²) in [6.07, 6.45) is 0. The third-order valence-corrected chi connectivity index (χ3v) is 2.69. The first-order valence-corrected chi connectivity index (χ1v) is 6.04. The first kappa shape index (κ1) is 14.5. The van der Waals surface area contributed by atoms with Crippen LogP contribution in [0.5, 0.6) is 0 Å². The molecule has 2 aromatic rings. The normalized spacial score (nSPS) is 10.2. The zero-order chi connectivity index (χ0) is 15.4. The summed E-state index contributed by atoms with van der Waals surface area (Å²) in [6.45, 7) is 2.01. The molecule has 0 radical (unpaired) electrons. The number of methoxy groups -OCH3 is 1. The monoisotopic (exact) mass is 291 g/mol. The molecule has 2 rings (SSSR count). The number of hydrogen-bond donors (Lipinski definition) is 1. The minimum atomic E-state index is -0.665. The van der Waals surface area contributed by atoms with Gasteiger partial charge in [-0.2, -0.15) is 0 Å². The number of ether oxygens (including phenoxy) is 1. The molecule has 8 heteroatoms. The van der Waals surface area contributed by atoms with Gasteiger partial charge in [0.15, 0.2) is 5.69 Å². The van der Waals surface area contributed by atoms with Gasteiger partial charge in [-0.3, -0.25) is 10.1 Å². The molecule has 21 heavy (non-hydrogen) atoms. The Kier molecular flexibility index (Phi) is 4.17. The fourth-order valence-electron chi connectivity index (χ4n) is 1.70. The Hall–Kier alpha value is -2.90. The molecule has 0 saturated carbocycles. The smallest absolute Gasteiger partial charge is 0.356 e.